The highest BCUT2D eigenvalue weighted by molar-refractivity contribution is 14.0. The summed E-state index contributed by atoms with van der Waals surface area (Å²) in [4.78, 5) is 4.24. The quantitative estimate of drug-likeness (QED) is 0.438. The number of hydrogen-bond acceptors (Lipinski definition) is 2. The molecule has 0 saturated heterocycles. The fourth-order valence-corrected chi connectivity index (χ4v) is 2.37. The summed E-state index contributed by atoms with van der Waals surface area (Å²) in [6.07, 6.45) is 0.927. The summed E-state index contributed by atoms with van der Waals surface area (Å²) in [6, 6.07) is 7.31. The molecule has 1 aromatic rings. The average Bonchev–Trinajstić information content (AvgIpc) is 2.47. The van der Waals surface area contributed by atoms with Crippen LogP contribution in [0.25, 0.3) is 0 Å². The average molecular weight is 425 g/mol. The van der Waals surface area contributed by atoms with Gasteiger partial charge in [-0.25, -0.2) is 8.78 Å². The Morgan fingerprint density at radius 1 is 1.32 bits per heavy atom. The van der Waals surface area contributed by atoms with Crippen molar-refractivity contribution in [1.82, 2.24) is 0 Å². The number of methoxy groups -OCH3 is 1. The van der Waals surface area contributed by atoms with Crippen LogP contribution in [0.3, 0.4) is 0 Å². The summed E-state index contributed by atoms with van der Waals surface area (Å²) >= 11 is 0. The van der Waals surface area contributed by atoms with E-state index in [9.17, 15) is 8.78 Å². The fraction of sp³-hybridized carbons (Fsp3) is 0.533. The van der Waals surface area contributed by atoms with Crippen molar-refractivity contribution in [3.63, 3.8) is 0 Å². The van der Waals surface area contributed by atoms with Crippen LogP contribution in [-0.4, -0.2) is 25.5 Å². The minimum atomic E-state index is -2.49. The van der Waals surface area contributed by atoms with E-state index in [1.54, 1.807) is 7.11 Å². The Kier molecular flexibility index (Phi) is 7.31. The predicted molar refractivity (Wildman–Crippen MR) is 95.4 cm³/mol. The molecule has 0 amide bonds. The number of nitrogens with one attached hydrogen (secondary N) is 1. The smallest absolute Gasteiger partial charge is 0.248 e. The molecule has 0 heterocycles. The zero-order valence-corrected chi connectivity index (χ0v) is 14.8. The molecule has 1 aliphatic rings. The van der Waals surface area contributed by atoms with Crippen molar-refractivity contribution >= 4 is 35.6 Å². The SMILES string of the molecule is COc1ccc(NC(N)=NCC2CCC(F)(F)CC2)cc1.I. The van der Waals surface area contributed by atoms with Crippen molar-refractivity contribution in [3.05, 3.63) is 24.3 Å². The van der Waals surface area contributed by atoms with E-state index in [4.69, 9.17) is 10.5 Å². The molecule has 22 heavy (non-hydrogen) atoms. The van der Waals surface area contributed by atoms with E-state index >= 15 is 0 Å². The van der Waals surface area contributed by atoms with Crippen LogP contribution in [-0.2, 0) is 0 Å². The van der Waals surface area contributed by atoms with Gasteiger partial charge in [-0.1, -0.05) is 0 Å². The van der Waals surface area contributed by atoms with Gasteiger partial charge in [0.2, 0.25) is 5.92 Å². The number of halogens is 3. The second-order valence-corrected chi connectivity index (χ2v) is 5.38. The van der Waals surface area contributed by atoms with Crippen molar-refractivity contribution in [2.45, 2.75) is 31.6 Å². The number of alkyl halides is 2. The van der Waals surface area contributed by atoms with Crippen LogP contribution in [0, 0.1) is 5.92 Å². The van der Waals surface area contributed by atoms with Gasteiger partial charge in [-0.2, -0.15) is 0 Å². The highest BCUT2D eigenvalue weighted by Crippen LogP contribution is 2.36. The minimum Gasteiger partial charge on any atom is -0.497 e. The molecule has 3 N–H and O–H groups in total. The second kappa shape index (κ2) is 8.50. The number of ether oxygens (including phenoxy) is 1. The third-order valence-electron chi connectivity index (χ3n) is 3.72. The lowest BCUT2D eigenvalue weighted by Crippen LogP contribution is -2.28. The number of benzene rings is 1. The maximum atomic E-state index is 13.0. The van der Waals surface area contributed by atoms with Crippen LogP contribution in [0.15, 0.2) is 29.3 Å². The first-order valence-electron chi connectivity index (χ1n) is 7.07. The van der Waals surface area contributed by atoms with Crippen molar-refractivity contribution in [2.75, 3.05) is 19.0 Å². The Bertz CT molecular complexity index is 484. The second-order valence-electron chi connectivity index (χ2n) is 5.38. The summed E-state index contributed by atoms with van der Waals surface area (Å²) in [7, 11) is 1.60. The number of nitrogens with zero attached hydrogens (tertiary/aromatic N) is 1. The highest BCUT2D eigenvalue weighted by atomic mass is 127. The molecule has 0 bridgehead atoms. The lowest BCUT2D eigenvalue weighted by Gasteiger charge is -2.27. The van der Waals surface area contributed by atoms with Gasteiger partial charge >= 0.3 is 0 Å². The van der Waals surface area contributed by atoms with E-state index in [1.807, 2.05) is 24.3 Å². The molecule has 0 radical (unpaired) electrons. The van der Waals surface area contributed by atoms with Crippen molar-refractivity contribution in [3.8, 4) is 5.75 Å². The summed E-state index contributed by atoms with van der Waals surface area (Å²) in [5.74, 6) is -1.23. The number of aliphatic imine (C=N–C) groups is 1. The summed E-state index contributed by atoms with van der Waals surface area (Å²) < 4.78 is 31.2. The van der Waals surface area contributed by atoms with Crippen LogP contribution < -0.4 is 15.8 Å². The molecule has 2 rings (SSSR count). The molecule has 7 heteroatoms. The van der Waals surface area contributed by atoms with Crippen LogP contribution in [0.1, 0.15) is 25.7 Å². The van der Waals surface area contributed by atoms with Gasteiger partial charge in [-0.3, -0.25) is 4.99 Å². The molecule has 124 valence electrons. The number of guanidine groups is 1. The monoisotopic (exact) mass is 425 g/mol. The topological polar surface area (TPSA) is 59.6 Å². The predicted octanol–water partition coefficient (Wildman–Crippen LogP) is 3.87. The van der Waals surface area contributed by atoms with E-state index in [1.165, 1.54) is 0 Å². The Hall–Kier alpha value is -1.12. The minimum absolute atomic E-state index is 0. The first kappa shape index (κ1) is 18.9. The van der Waals surface area contributed by atoms with Gasteiger partial charge in [0.15, 0.2) is 5.96 Å². The third kappa shape index (κ3) is 5.94. The maximum Gasteiger partial charge on any atom is 0.248 e. The van der Waals surface area contributed by atoms with E-state index in [0.29, 0.717) is 25.3 Å². The zero-order chi connectivity index (χ0) is 15.3. The first-order chi connectivity index (χ1) is 9.98. The maximum absolute atomic E-state index is 13.0. The summed E-state index contributed by atoms with van der Waals surface area (Å²) in [5, 5.41) is 2.97. The summed E-state index contributed by atoms with van der Waals surface area (Å²) in [6.45, 7) is 0.491. The Morgan fingerprint density at radius 3 is 2.45 bits per heavy atom. The molecular weight excluding hydrogens is 403 g/mol. The lowest BCUT2D eigenvalue weighted by molar-refractivity contribution is -0.0446. The molecular formula is C15H22F2IN3O. The van der Waals surface area contributed by atoms with Gasteiger partial charge in [-0.15, -0.1) is 24.0 Å². The van der Waals surface area contributed by atoms with Gasteiger partial charge in [0, 0.05) is 25.1 Å². The molecule has 0 atom stereocenters. The largest absolute Gasteiger partial charge is 0.497 e. The van der Waals surface area contributed by atoms with Crippen LogP contribution in [0.5, 0.6) is 5.75 Å². The molecule has 1 fully saturated rings. The van der Waals surface area contributed by atoms with Gasteiger partial charge in [0.25, 0.3) is 0 Å². The number of nitrogens with two attached hydrogens (primary N) is 1. The van der Waals surface area contributed by atoms with Crippen LogP contribution in [0.4, 0.5) is 14.5 Å². The molecule has 1 aromatic carbocycles. The molecule has 0 aromatic heterocycles. The molecule has 4 nitrogen and oxygen atoms in total. The first-order valence-corrected chi connectivity index (χ1v) is 7.07. The van der Waals surface area contributed by atoms with Crippen molar-refractivity contribution < 1.29 is 13.5 Å². The van der Waals surface area contributed by atoms with E-state index < -0.39 is 5.92 Å². The Morgan fingerprint density at radius 2 is 1.91 bits per heavy atom. The standard InChI is InChI=1S/C15H21F2N3O.HI/c1-21-13-4-2-12(3-5-13)20-14(18)19-10-11-6-8-15(16,17)9-7-11;/h2-5,11H,6-10H2,1H3,(H3,18,19,20);1H. The number of anilines is 1. The number of hydrogen-bond donors (Lipinski definition) is 2. The van der Waals surface area contributed by atoms with Crippen molar-refractivity contribution in [1.29, 1.82) is 0 Å². The highest BCUT2D eigenvalue weighted by Gasteiger charge is 2.34. The van der Waals surface area contributed by atoms with Gasteiger partial charge in [-0.05, 0) is 43.0 Å². The Labute approximate surface area is 146 Å². The van der Waals surface area contributed by atoms with Crippen LogP contribution >= 0.6 is 24.0 Å². The fourth-order valence-electron chi connectivity index (χ4n) is 2.37. The van der Waals surface area contributed by atoms with E-state index in [-0.39, 0.29) is 42.7 Å². The normalized spacial score (nSPS) is 18.4. The zero-order valence-electron chi connectivity index (χ0n) is 12.5. The van der Waals surface area contributed by atoms with E-state index in [2.05, 4.69) is 10.3 Å². The van der Waals surface area contributed by atoms with Crippen molar-refractivity contribution in [2.24, 2.45) is 16.6 Å². The molecule has 0 aliphatic heterocycles. The van der Waals surface area contributed by atoms with Gasteiger partial charge in [0.05, 0.1) is 7.11 Å². The molecule has 0 spiro atoms. The Balaban J connectivity index is 0.00000242. The molecule has 1 saturated carbocycles. The molecule has 1 aliphatic carbocycles. The van der Waals surface area contributed by atoms with Gasteiger partial charge < -0.3 is 15.8 Å². The molecule has 0 unspecified atom stereocenters. The summed E-state index contributed by atoms with van der Waals surface area (Å²) in [5.41, 5.74) is 6.62. The van der Waals surface area contributed by atoms with Gasteiger partial charge in [0.1, 0.15) is 5.75 Å². The van der Waals surface area contributed by atoms with Crippen LogP contribution in [0.2, 0.25) is 0 Å². The van der Waals surface area contributed by atoms with E-state index in [0.717, 1.165) is 11.4 Å². The number of rotatable bonds is 4. The third-order valence-corrected chi connectivity index (χ3v) is 3.72. The lowest BCUT2D eigenvalue weighted by atomic mass is 9.87.